The van der Waals surface area contributed by atoms with E-state index >= 15 is 0 Å². The molecule has 0 bridgehead atoms. The molecule has 0 amide bonds. The Hall–Kier alpha value is -0.180. The number of aryl methyl sites for hydroxylation is 1. The van der Waals surface area contributed by atoms with Crippen molar-refractivity contribution in [1.82, 2.24) is 0 Å². The molecule has 29 heavy (non-hydrogen) atoms. The van der Waals surface area contributed by atoms with Crippen molar-refractivity contribution in [2.75, 3.05) is 0 Å². The van der Waals surface area contributed by atoms with Crippen LogP contribution in [0.1, 0.15) is 104 Å². The topological polar surface area (TPSA) is 32.3 Å². The van der Waals surface area contributed by atoms with Crippen LogP contribution in [0.25, 0.3) is 0 Å². The van der Waals surface area contributed by atoms with E-state index in [-0.39, 0.29) is 40.9 Å². The van der Waals surface area contributed by atoms with Gasteiger partial charge in [0.05, 0.1) is 0 Å². The van der Waals surface area contributed by atoms with Crippen molar-refractivity contribution >= 4 is 0 Å². The van der Waals surface area contributed by atoms with Crippen molar-refractivity contribution in [2.45, 2.75) is 111 Å². The first-order valence-corrected chi connectivity index (χ1v) is 11.8. The molecule has 2 rings (SSSR count). The molecule has 0 aromatic heterocycles. The van der Waals surface area contributed by atoms with Gasteiger partial charge in [0, 0.05) is 0 Å². The normalized spacial score (nSPS) is 20.5. The SMILES string of the molecule is CC(C)CCCC(C)CCCC(C)CCCC1(C)CCc2cc([O-])ccc2O1.[Na+]. The number of fused-ring (bicyclic) bond motifs is 1. The third-order valence-electron chi connectivity index (χ3n) is 6.59. The van der Waals surface area contributed by atoms with Crippen LogP contribution >= 0.6 is 0 Å². The van der Waals surface area contributed by atoms with Crippen molar-refractivity contribution in [3.63, 3.8) is 0 Å². The van der Waals surface area contributed by atoms with Crippen molar-refractivity contribution < 1.29 is 39.4 Å². The van der Waals surface area contributed by atoms with Gasteiger partial charge in [0.2, 0.25) is 0 Å². The maximum absolute atomic E-state index is 11.5. The van der Waals surface area contributed by atoms with E-state index in [4.69, 9.17) is 4.74 Å². The third-order valence-corrected chi connectivity index (χ3v) is 6.59. The standard InChI is InChI=1S/C26H44O2.Na/c1-20(2)9-6-10-21(3)11-7-12-22(4)13-8-17-26(5)18-16-23-19-24(27)14-15-25(23)28-26;/h14-15,19-22,27H,6-13,16-18H2,1-5H3;/q;+1/p-1. The molecule has 0 N–H and O–H groups in total. The molecular formula is C26H43NaO2. The molecule has 1 aliphatic heterocycles. The van der Waals surface area contributed by atoms with E-state index in [9.17, 15) is 5.11 Å². The van der Waals surface area contributed by atoms with Crippen LogP contribution in [0.4, 0.5) is 0 Å². The molecule has 3 atom stereocenters. The molecule has 0 radical (unpaired) electrons. The third kappa shape index (κ3) is 10.1. The van der Waals surface area contributed by atoms with Crippen LogP contribution in [-0.2, 0) is 6.42 Å². The summed E-state index contributed by atoms with van der Waals surface area (Å²) in [6, 6.07) is 5.22. The quantitative estimate of drug-likeness (QED) is 0.482. The van der Waals surface area contributed by atoms with Gasteiger partial charge in [0.25, 0.3) is 0 Å². The Morgan fingerprint density at radius 3 is 2.14 bits per heavy atom. The molecule has 0 saturated heterocycles. The Morgan fingerprint density at radius 1 is 0.931 bits per heavy atom. The summed E-state index contributed by atoms with van der Waals surface area (Å²) in [6.45, 7) is 11.7. The molecule has 0 fully saturated rings. The summed E-state index contributed by atoms with van der Waals surface area (Å²) in [5.41, 5.74) is 1.02. The van der Waals surface area contributed by atoms with E-state index in [2.05, 4.69) is 34.6 Å². The van der Waals surface area contributed by atoms with Gasteiger partial charge in [-0.1, -0.05) is 84.8 Å². The van der Waals surface area contributed by atoms with Gasteiger partial charge in [-0.3, -0.25) is 0 Å². The zero-order valence-corrected chi connectivity index (χ0v) is 22.1. The Bertz CT molecular complexity index is 586. The Balaban J connectivity index is 0.00000420. The largest absolute Gasteiger partial charge is 1.00 e. The first kappa shape index (κ1) is 26.9. The first-order valence-electron chi connectivity index (χ1n) is 11.8. The van der Waals surface area contributed by atoms with Gasteiger partial charge in [0.1, 0.15) is 11.4 Å². The molecule has 3 unspecified atom stereocenters. The number of benzene rings is 1. The fraction of sp³-hybridized carbons (Fsp3) is 0.769. The molecule has 2 nitrogen and oxygen atoms in total. The van der Waals surface area contributed by atoms with Crippen LogP contribution < -0.4 is 39.4 Å². The van der Waals surface area contributed by atoms with Gasteiger partial charge in [0.15, 0.2) is 0 Å². The van der Waals surface area contributed by atoms with Crippen LogP contribution in [0.5, 0.6) is 11.5 Å². The van der Waals surface area contributed by atoms with E-state index in [1.165, 1.54) is 51.4 Å². The molecule has 0 saturated carbocycles. The fourth-order valence-electron chi connectivity index (χ4n) is 4.54. The van der Waals surface area contributed by atoms with Crippen LogP contribution in [0.3, 0.4) is 0 Å². The van der Waals surface area contributed by atoms with Crippen LogP contribution in [0, 0.1) is 17.8 Å². The minimum atomic E-state index is -0.0674. The van der Waals surface area contributed by atoms with E-state index < -0.39 is 0 Å². The average Bonchev–Trinajstić information content (AvgIpc) is 2.61. The smallest absolute Gasteiger partial charge is 0.872 e. The number of ether oxygens (including phenoxy) is 1. The first-order chi connectivity index (χ1) is 13.3. The Labute approximate surface area is 202 Å². The second-order valence-electron chi connectivity index (χ2n) is 10.2. The second kappa shape index (κ2) is 13.3. The van der Waals surface area contributed by atoms with Crippen LogP contribution in [-0.4, -0.2) is 5.60 Å². The van der Waals surface area contributed by atoms with Gasteiger partial charge < -0.3 is 9.84 Å². The summed E-state index contributed by atoms with van der Waals surface area (Å²) in [5, 5.41) is 11.5. The van der Waals surface area contributed by atoms with Gasteiger partial charge in [-0.05, 0) is 62.0 Å². The number of hydrogen-bond donors (Lipinski definition) is 0. The molecule has 160 valence electrons. The summed E-state index contributed by atoms with van der Waals surface area (Å²) < 4.78 is 6.28. The van der Waals surface area contributed by atoms with E-state index in [1.807, 2.05) is 6.07 Å². The van der Waals surface area contributed by atoms with Crippen LogP contribution in [0.2, 0.25) is 0 Å². The van der Waals surface area contributed by atoms with E-state index in [0.29, 0.717) is 0 Å². The van der Waals surface area contributed by atoms with Crippen molar-refractivity contribution in [3.05, 3.63) is 23.8 Å². The average molecular weight is 411 g/mol. The minimum absolute atomic E-state index is 0. The molecule has 0 spiro atoms. The van der Waals surface area contributed by atoms with E-state index in [1.54, 1.807) is 12.1 Å². The molecular weight excluding hydrogens is 367 g/mol. The number of hydrogen-bond acceptors (Lipinski definition) is 2. The monoisotopic (exact) mass is 410 g/mol. The molecule has 3 heteroatoms. The van der Waals surface area contributed by atoms with E-state index in [0.717, 1.165) is 48.3 Å². The summed E-state index contributed by atoms with van der Waals surface area (Å²) in [6.07, 6.45) is 13.9. The zero-order valence-electron chi connectivity index (χ0n) is 20.1. The van der Waals surface area contributed by atoms with Crippen LogP contribution in [0.15, 0.2) is 18.2 Å². The van der Waals surface area contributed by atoms with Gasteiger partial charge >= 0.3 is 29.6 Å². The zero-order chi connectivity index (χ0) is 20.6. The maximum atomic E-state index is 11.5. The Morgan fingerprint density at radius 2 is 1.52 bits per heavy atom. The predicted octanol–water partition coefficient (Wildman–Crippen LogP) is 4.29. The van der Waals surface area contributed by atoms with Gasteiger partial charge in [-0.2, -0.15) is 0 Å². The van der Waals surface area contributed by atoms with Gasteiger partial charge in [-0.25, -0.2) is 0 Å². The molecule has 1 heterocycles. The molecule has 1 aromatic rings. The maximum Gasteiger partial charge on any atom is 1.00 e. The molecule has 1 aromatic carbocycles. The fourth-order valence-corrected chi connectivity index (χ4v) is 4.54. The summed E-state index contributed by atoms with van der Waals surface area (Å²) in [5.74, 6) is 3.56. The Kier molecular flexibility index (Phi) is 12.3. The van der Waals surface area contributed by atoms with Gasteiger partial charge in [-0.15, -0.1) is 5.75 Å². The summed E-state index contributed by atoms with van der Waals surface area (Å²) >= 11 is 0. The minimum Gasteiger partial charge on any atom is -0.872 e. The van der Waals surface area contributed by atoms with Crippen molar-refractivity contribution in [2.24, 2.45) is 17.8 Å². The number of rotatable bonds is 12. The van der Waals surface area contributed by atoms with Crippen molar-refractivity contribution in [1.29, 1.82) is 0 Å². The second-order valence-corrected chi connectivity index (χ2v) is 10.2. The molecule has 0 aliphatic carbocycles. The predicted molar refractivity (Wildman–Crippen MR) is 118 cm³/mol. The molecule has 1 aliphatic rings. The summed E-state index contributed by atoms with van der Waals surface area (Å²) in [4.78, 5) is 0. The van der Waals surface area contributed by atoms with Crippen molar-refractivity contribution in [3.8, 4) is 11.5 Å². The summed E-state index contributed by atoms with van der Waals surface area (Å²) in [7, 11) is 0.